The average Bonchev–Trinajstić information content (AvgIpc) is 2.37. The number of ether oxygens (including phenoxy) is 2. The molecule has 1 atom stereocenters. The Morgan fingerprint density at radius 1 is 1.53 bits per heavy atom. The van der Waals surface area contributed by atoms with E-state index in [-0.39, 0.29) is 11.9 Å². The third-order valence-electron chi connectivity index (χ3n) is 2.99. The molecule has 0 amide bonds. The molecule has 0 saturated heterocycles. The number of methoxy groups -OCH3 is 1. The summed E-state index contributed by atoms with van der Waals surface area (Å²) < 4.78 is 10.4. The molecule has 4 nitrogen and oxygen atoms in total. The van der Waals surface area contributed by atoms with Crippen molar-refractivity contribution in [3.05, 3.63) is 29.3 Å². The van der Waals surface area contributed by atoms with Gasteiger partial charge < -0.3 is 14.8 Å². The van der Waals surface area contributed by atoms with Crippen molar-refractivity contribution in [1.29, 1.82) is 0 Å². The van der Waals surface area contributed by atoms with Crippen molar-refractivity contribution in [3.8, 4) is 5.75 Å². The topological polar surface area (TPSA) is 47.6 Å². The summed E-state index contributed by atoms with van der Waals surface area (Å²) in [6.07, 6.45) is 0. The SMILES string of the molecule is CCOC(=O)C1CNCc2c(OC)cccc21. The molecule has 4 heteroatoms. The van der Waals surface area contributed by atoms with E-state index in [2.05, 4.69) is 5.32 Å². The summed E-state index contributed by atoms with van der Waals surface area (Å²) in [6.45, 7) is 3.59. The number of hydrogen-bond donors (Lipinski definition) is 1. The highest BCUT2D eigenvalue weighted by Crippen LogP contribution is 2.31. The highest BCUT2D eigenvalue weighted by molar-refractivity contribution is 5.79. The molecule has 1 N–H and O–H groups in total. The third kappa shape index (κ3) is 2.26. The number of hydrogen-bond acceptors (Lipinski definition) is 4. The zero-order valence-corrected chi connectivity index (χ0v) is 10.2. The highest BCUT2D eigenvalue weighted by Gasteiger charge is 2.28. The Labute approximate surface area is 101 Å². The summed E-state index contributed by atoms with van der Waals surface area (Å²) in [5.74, 6) is 0.423. The molecule has 0 aliphatic carbocycles. The van der Waals surface area contributed by atoms with Crippen LogP contribution in [0.25, 0.3) is 0 Å². The van der Waals surface area contributed by atoms with Gasteiger partial charge in [0.25, 0.3) is 0 Å². The molecule has 0 spiro atoms. The molecular formula is C13H17NO3. The standard InChI is InChI=1S/C13H17NO3/c1-3-17-13(15)11-8-14-7-10-9(11)5-4-6-12(10)16-2/h4-6,11,14H,3,7-8H2,1-2H3. The Hall–Kier alpha value is -1.55. The van der Waals surface area contributed by atoms with Gasteiger partial charge in [-0.1, -0.05) is 12.1 Å². The Balaban J connectivity index is 2.34. The first-order valence-corrected chi connectivity index (χ1v) is 5.81. The fraction of sp³-hybridized carbons (Fsp3) is 0.462. The molecule has 0 bridgehead atoms. The quantitative estimate of drug-likeness (QED) is 0.805. The van der Waals surface area contributed by atoms with E-state index in [1.54, 1.807) is 7.11 Å². The first kappa shape index (κ1) is 11.9. The van der Waals surface area contributed by atoms with E-state index in [0.717, 1.165) is 23.4 Å². The number of benzene rings is 1. The van der Waals surface area contributed by atoms with Crippen molar-refractivity contribution < 1.29 is 14.3 Å². The number of esters is 1. The predicted octanol–water partition coefficient (Wildman–Crippen LogP) is 1.45. The number of fused-ring (bicyclic) bond motifs is 1. The van der Waals surface area contributed by atoms with Crippen LogP contribution in [0.1, 0.15) is 24.0 Å². The van der Waals surface area contributed by atoms with Gasteiger partial charge in [-0.2, -0.15) is 0 Å². The Morgan fingerprint density at radius 3 is 3.06 bits per heavy atom. The van der Waals surface area contributed by atoms with Crippen molar-refractivity contribution in [3.63, 3.8) is 0 Å². The van der Waals surface area contributed by atoms with E-state index >= 15 is 0 Å². The van der Waals surface area contributed by atoms with Gasteiger partial charge >= 0.3 is 5.97 Å². The highest BCUT2D eigenvalue weighted by atomic mass is 16.5. The summed E-state index contributed by atoms with van der Waals surface area (Å²) in [6, 6.07) is 5.80. The van der Waals surface area contributed by atoms with Crippen LogP contribution in [0.2, 0.25) is 0 Å². The molecule has 0 saturated carbocycles. The molecule has 1 heterocycles. The van der Waals surface area contributed by atoms with E-state index in [4.69, 9.17) is 9.47 Å². The first-order chi connectivity index (χ1) is 8.27. The molecule has 0 aromatic heterocycles. The van der Waals surface area contributed by atoms with Gasteiger partial charge in [0.15, 0.2) is 0 Å². The van der Waals surface area contributed by atoms with Gasteiger partial charge in [0, 0.05) is 18.7 Å². The second-order valence-corrected chi connectivity index (χ2v) is 3.96. The molecule has 17 heavy (non-hydrogen) atoms. The van der Waals surface area contributed by atoms with Crippen molar-refractivity contribution in [2.75, 3.05) is 20.3 Å². The summed E-state index contributed by atoms with van der Waals surface area (Å²) in [4.78, 5) is 11.9. The number of rotatable bonds is 3. The van der Waals surface area contributed by atoms with E-state index in [1.165, 1.54) is 0 Å². The van der Waals surface area contributed by atoms with E-state index < -0.39 is 0 Å². The number of carbonyl (C=O) groups is 1. The van der Waals surface area contributed by atoms with Gasteiger partial charge in [-0.05, 0) is 18.6 Å². The summed E-state index contributed by atoms with van der Waals surface area (Å²) >= 11 is 0. The van der Waals surface area contributed by atoms with E-state index in [0.29, 0.717) is 13.2 Å². The molecule has 1 unspecified atom stereocenters. The number of carbonyl (C=O) groups excluding carboxylic acids is 1. The zero-order chi connectivity index (χ0) is 12.3. The second-order valence-electron chi connectivity index (χ2n) is 3.96. The molecule has 0 fully saturated rings. The molecule has 1 aromatic carbocycles. The fourth-order valence-electron chi connectivity index (χ4n) is 2.19. The van der Waals surface area contributed by atoms with Crippen LogP contribution in [0.5, 0.6) is 5.75 Å². The predicted molar refractivity (Wildman–Crippen MR) is 64.1 cm³/mol. The van der Waals surface area contributed by atoms with Gasteiger partial charge in [-0.15, -0.1) is 0 Å². The van der Waals surface area contributed by atoms with Crippen molar-refractivity contribution >= 4 is 5.97 Å². The van der Waals surface area contributed by atoms with Gasteiger partial charge in [-0.25, -0.2) is 0 Å². The van der Waals surface area contributed by atoms with E-state index in [1.807, 2.05) is 25.1 Å². The smallest absolute Gasteiger partial charge is 0.314 e. The third-order valence-corrected chi connectivity index (χ3v) is 2.99. The van der Waals surface area contributed by atoms with Gasteiger partial charge in [0.1, 0.15) is 5.75 Å². The van der Waals surface area contributed by atoms with Gasteiger partial charge in [-0.3, -0.25) is 4.79 Å². The van der Waals surface area contributed by atoms with Crippen LogP contribution in [0, 0.1) is 0 Å². The van der Waals surface area contributed by atoms with Crippen LogP contribution in [-0.4, -0.2) is 26.2 Å². The van der Waals surface area contributed by atoms with Crippen LogP contribution in [0.3, 0.4) is 0 Å². The monoisotopic (exact) mass is 235 g/mol. The zero-order valence-electron chi connectivity index (χ0n) is 10.2. The average molecular weight is 235 g/mol. The Kier molecular flexibility index (Phi) is 3.64. The molecular weight excluding hydrogens is 218 g/mol. The molecule has 1 aliphatic heterocycles. The molecule has 2 rings (SSSR count). The minimum absolute atomic E-state index is 0.172. The minimum Gasteiger partial charge on any atom is -0.496 e. The lowest BCUT2D eigenvalue weighted by atomic mass is 9.90. The lowest BCUT2D eigenvalue weighted by Gasteiger charge is -2.26. The first-order valence-electron chi connectivity index (χ1n) is 5.81. The fourth-order valence-corrected chi connectivity index (χ4v) is 2.19. The van der Waals surface area contributed by atoms with Crippen LogP contribution in [-0.2, 0) is 16.1 Å². The second kappa shape index (κ2) is 5.19. The van der Waals surface area contributed by atoms with Crippen LogP contribution in [0.4, 0.5) is 0 Å². The summed E-state index contributed by atoms with van der Waals surface area (Å²) in [5.41, 5.74) is 2.07. The van der Waals surface area contributed by atoms with E-state index in [9.17, 15) is 4.79 Å². The molecule has 1 aromatic rings. The number of nitrogens with one attached hydrogen (secondary N) is 1. The largest absolute Gasteiger partial charge is 0.496 e. The Bertz CT molecular complexity index is 417. The molecule has 92 valence electrons. The maximum atomic E-state index is 11.9. The molecule has 1 aliphatic rings. The van der Waals surface area contributed by atoms with Crippen LogP contribution >= 0.6 is 0 Å². The maximum Gasteiger partial charge on any atom is 0.314 e. The summed E-state index contributed by atoms with van der Waals surface area (Å²) in [7, 11) is 1.64. The van der Waals surface area contributed by atoms with Crippen LogP contribution in [0.15, 0.2) is 18.2 Å². The lowest BCUT2D eigenvalue weighted by Crippen LogP contribution is -2.33. The lowest BCUT2D eigenvalue weighted by molar-refractivity contribution is -0.145. The summed E-state index contributed by atoms with van der Waals surface area (Å²) in [5, 5.41) is 3.22. The van der Waals surface area contributed by atoms with Gasteiger partial charge in [0.05, 0.1) is 19.6 Å². The Morgan fingerprint density at radius 2 is 2.35 bits per heavy atom. The van der Waals surface area contributed by atoms with Crippen LogP contribution < -0.4 is 10.1 Å². The van der Waals surface area contributed by atoms with Crippen molar-refractivity contribution in [2.45, 2.75) is 19.4 Å². The van der Waals surface area contributed by atoms with Crippen molar-refractivity contribution in [1.82, 2.24) is 5.32 Å². The normalized spacial score (nSPS) is 18.4. The minimum atomic E-state index is -0.228. The molecule has 0 radical (unpaired) electrons. The van der Waals surface area contributed by atoms with Crippen molar-refractivity contribution in [2.24, 2.45) is 0 Å². The maximum absolute atomic E-state index is 11.9. The van der Waals surface area contributed by atoms with Gasteiger partial charge in [0.2, 0.25) is 0 Å².